The van der Waals surface area contributed by atoms with Crippen LogP contribution in [0.4, 0.5) is 5.82 Å². The van der Waals surface area contributed by atoms with Gasteiger partial charge in [-0.25, -0.2) is 9.97 Å². The summed E-state index contributed by atoms with van der Waals surface area (Å²) >= 11 is 0. The van der Waals surface area contributed by atoms with E-state index in [1.807, 2.05) is 30.3 Å². The fraction of sp³-hybridized carbons (Fsp3) is 0.500. The minimum atomic E-state index is -0.0751. The van der Waals surface area contributed by atoms with E-state index in [1.54, 1.807) is 0 Å². The molecule has 2 fully saturated rings. The maximum Gasteiger partial charge on any atom is 0.270 e. The first-order valence-electron chi connectivity index (χ1n) is 10.5. The van der Waals surface area contributed by atoms with Crippen molar-refractivity contribution in [2.75, 3.05) is 37.6 Å². The summed E-state index contributed by atoms with van der Waals surface area (Å²) in [5.41, 5.74) is 2.52. The van der Waals surface area contributed by atoms with Crippen molar-refractivity contribution < 1.29 is 4.79 Å². The summed E-state index contributed by atoms with van der Waals surface area (Å²) in [6.45, 7) is 5.10. The second kappa shape index (κ2) is 7.51. The Bertz CT molecular complexity index is 863. The molecule has 6 nitrogen and oxygen atoms in total. The van der Waals surface area contributed by atoms with Crippen LogP contribution in [-0.4, -0.2) is 59.5 Å². The van der Waals surface area contributed by atoms with E-state index in [4.69, 9.17) is 4.98 Å². The third-order valence-corrected chi connectivity index (χ3v) is 6.26. The van der Waals surface area contributed by atoms with Gasteiger partial charge in [-0.15, -0.1) is 0 Å². The van der Waals surface area contributed by atoms with Crippen LogP contribution in [0.25, 0.3) is 11.4 Å². The van der Waals surface area contributed by atoms with Gasteiger partial charge in [0.15, 0.2) is 5.82 Å². The molecular formula is C22H27N5O. The fourth-order valence-corrected chi connectivity index (χ4v) is 4.77. The number of amides is 1. The van der Waals surface area contributed by atoms with Crippen molar-refractivity contribution in [1.82, 2.24) is 20.2 Å². The molecule has 0 aliphatic carbocycles. The van der Waals surface area contributed by atoms with Crippen LogP contribution in [-0.2, 0) is 6.42 Å². The smallest absolute Gasteiger partial charge is 0.270 e. The molecule has 146 valence electrons. The van der Waals surface area contributed by atoms with Gasteiger partial charge in [0, 0.05) is 36.8 Å². The molecule has 0 bridgehead atoms. The number of nitrogens with one attached hydrogen (secondary N) is 1. The average Bonchev–Trinajstić information content (AvgIpc) is 3.25. The summed E-state index contributed by atoms with van der Waals surface area (Å²) in [5.74, 6) is 1.54. The number of carbonyl (C=O) groups excluding carboxylic acids is 1. The molecule has 5 rings (SSSR count). The number of benzene rings is 1. The van der Waals surface area contributed by atoms with E-state index in [0.29, 0.717) is 24.1 Å². The van der Waals surface area contributed by atoms with Crippen LogP contribution in [0, 0.1) is 0 Å². The van der Waals surface area contributed by atoms with Gasteiger partial charge >= 0.3 is 0 Å². The second-order valence-corrected chi connectivity index (χ2v) is 8.06. The van der Waals surface area contributed by atoms with E-state index in [1.165, 1.54) is 38.8 Å². The number of likely N-dealkylation sites (tertiary alicyclic amines) is 1. The molecule has 1 unspecified atom stereocenters. The van der Waals surface area contributed by atoms with Gasteiger partial charge in [-0.05, 0) is 38.8 Å². The average molecular weight is 377 g/mol. The number of anilines is 1. The molecule has 6 heteroatoms. The summed E-state index contributed by atoms with van der Waals surface area (Å²) in [4.78, 5) is 27.2. The molecule has 1 amide bonds. The van der Waals surface area contributed by atoms with E-state index in [2.05, 4.69) is 20.1 Å². The van der Waals surface area contributed by atoms with Crippen LogP contribution >= 0.6 is 0 Å². The number of aromatic nitrogens is 2. The van der Waals surface area contributed by atoms with Crippen molar-refractivity contribution in [2.24, 2.45) is 0 Å². The maximum absolute atomic E-state index is 12.5. The number of nitrogens with zero attached hydrogens (tertiary/aromatic N) is 4. The third kappa shape index (κ3) is 3.26. The summed E-state index contributed by atoms with van der Waals surface area (Å²) < 4.78 is 0. The molecule has 4 heterocycles. The number of rotatable bonds is 3. The van der Waals surface area contributed by atoms with Crippen LogP contribution in [0.5, 0.6) is 0 Å². The number of piperidine rings is 1. The van der Waals surface area contributed by atoms with Gasteiger partial charge < -0.3 is 10.2 Å². The van der Waals surface area contributed by atoms with Crippen LogP contribution in [0.3, 0.4) is 0 Å². The Morgan fingerprint density at radius 2 is 1.82 bits per heavy atom. The molecule has 1 atom stereocenters. The minimum absolute atomic E-state index is 0.0751. The highest BCUT2D eigenvalue weighted by molar-refractivity contribution is 5.96. The molecule has 2 aromatic rings. The Morgan fingerprint density at radius 1 is 1.00 bits per heavy atom. The first kappa shape index (κ1) is 17.6. The van der Waals surface area contributed by atoms with E-state index < -0.39 is 0 Å². The van der Waals surface area contributed by atoms with E-state index >= 15 is 0 Å². The van der Waals surface area contributed by atoms with Crippen LogP contribution in [0.1, 0.15) is 41.7 Å². The Kier molecular flexibility index (Phi) is 4.72. The van der Waals surface area contributed by atoms with Crippen LogP contribution < -0.4 is 10.2 Å². The van der Waals surface area contributed by atoms with Crippen LogP contribution in [0.15, 0.2) is 30.3 Å². The van der Waals surface area contributed by atoms with Gasteiger partial charge in [0.1, 0.15) is 11.5 Å². The molecule has 0 spiro atoms. The van der Waals surface area contributed by atoms with Crippen molar-refractivity contribution in [1.29, 1.82) is 0 Å². The normalized spacial score (nSPS) is 22.8. The van der Waals surface area contributed by atoms with Crippen molar-refractivity contribution in [3.63, 3.8) is 0 Å². The molecular weight excluding hydrogens is 350 g/mol. The molecule has 28 heavy (non-hydrogen) atoms. The standard InChI is InChI=1S/C22H27N5O/c28-22-19-18(9-11-23-22)21(25-20(24-19)16-7-3-1-4-8-16)27-14-10-17(15-27)26-12-5-2-6-13-26/h1,3-4,7-8,17H,2,5-6,9-15H2,(H,23,28). The Balaban J connectivity index is 1.49. The molecule has 1 aromatic carbocycles. The Hall–Kier alpha value is -2.47. The van der Waals surface area contributed by atoms with Gasteiger partial charge in [0.2, 0.25) is 0 Å². The molecule has 1 N–H and O–H groups in total. The van der Waals surface area contributed by atoms with Crippen molar-refractivity contribution >= 4 is 11.7 Å². The molecule has 0 saturated carbocycles. The number of carbonyl (C=O) groups is 1. The molecule has 3 aliphatic rings. The van der Waals surface area contributed by atoms with Gasteiger partial charge in [-0.2, -0.15) is 0 Å². The van der Waals surface area contributed by atoms with Crippen molar-refractivity contribution in [3.05, 3.63) is 41.6 Å². The van der Waals surface area contributed by atoms with Gasteiger partial charge in [-0.1, -0.05) is 36.8 Å². The predicted molar refractivity (Wildman–Crippen MR) is 110 cm³/mol. The summed E-state index contributed by atoms with van der Waals surface area (Å²) in [6, 6.07) is 10.6. The molecule has 2 saturated heterocycles. The summed E-state index contributed by atoms with van der Waals surface area (Å²) in [7, 11) is 0. The first-order chi connectivity index (χ1) is 13.8. The maximum atomic E-state index is 12.5. The van der Waals surface area contributed by atoms with E-state index in [9.17, 15) is 4.79 Å². The predicted octanol–water partition coefficient (Wildman–Crippen LogP) is 2.49. The molecule has 1 aromatic heterocycles. The zero-order valence-corrected chi connectivity index (χ0v) is 16.2. The monoisotopic (exact) mass is 377 g/mol. The highest BCUT2D eigenvalue weighted by Gasteiger charge is 2.33. The van der Waals surface area contributed by atoms with E-state index in [-0.39, 0.29) is 5.91 Å². The molecule has 0 radical (unpaired) electrons. The Morgan fingerprint density at radius 3 is 2.64 bits per heavy atom. The van der Waals surface area contributed by atoms with Gasteiger partial charge in [0.05, 0.1) is 0 Å². The summed E-state index contributed by atoms with van der Waals surface area (Å²) in [6.07, 6.45) is 5.97. The van der Waals surface area contributed by atoms with Crippen molar-refractivity contribution in [2.45, 2.75) is 38.1 Å². The van der Waals surface area contributed by atoms with Gasteiger partial charge in [-0.3, -0.25) is 9.69 Å². The summed E-state index contributed by atoms with van der Waals surface area (Å²) in [5, 5.41) is 2.94. The van der Waals surface area contributed by atoms with Crippen molar-refractivity contribution in [3.8, 4) is 11.4 Å². The fourth-order valence-electron chi connectivity index (χ4n) is 4.77. The van der Waals surface area contributed by atoms with Crippen LogP contribution in [0.2, 0.25) is 0 Å². The highest BCUT2D eigenvalue weighted by atomic mass is 16.1. The lowest BCUT2D eigenvalue weighted by Gasteiger charge is -2.32. The lowest BCUT2D eigenvalue weighted by Crippen LogP contribution is -2.41. The molecule has 3 aliphatic heterocycles. The minimum Gasteiger partial charge on any atom is -0.355 e. The van der Waals surface area contributed by atoms with E-state index in [0.717, 1.165) is 36.5 Å². The highest BCUT2D eigenvalue weighted by Crippen LogP contribution is 2.31. The zero-order valence-electron chi connectivity index (χ0n) is 16.2. The third-order valence-electron chi connectivity index (χ3n) is 6.26. The number of fused-ring (bicyclic) bond motifs is 1. The lowest BCUT2D eigenvalue weighted by molar-refractivity contribution is 0.0940. The second-order valence-electron chi connectivity index (χ2n) is 8.06. The lowest BCUT2D eigenvalue weighted by atomic mass is 10.0. The number of hydrogen-bond acceptors (Lipinski definition) is 5. The van der Waals surface area contributed by atoms with Gasteiger partial charge in [0.25, 0.3) is 5.91 Å². The first-order valence-corrected chi connectivity index (χ1v) is 10.5. The SMILES string of the molecule is O=C1NCCc2c1nc(-c1ccccc1)nc2N1CCC(N2CCCCC2)C1. The Labute approximate surface area is 166 Å². The largest absolute Gasteiger partial charge is 0.355 e. The number of hydrogen-bond donors (Lipinski definition) is 1. The topological polar surface area (TPSA) is 61.4 Å². The zero-order chi connectivity index (χ0) is 18.9. The quantitative estimate of drug-likeness (QED) is 0.891.